The molecule has 0 aromatic rings. The maximum atomic E-state index is 3.60. The fraction of sp³-hybridized carbons (Fsp3) is 1.00. The van der Waals surface area contributed by atoms with Gasteiger partial charge in [-0.1, -0.05) is 22.9 Å². The van der Waals surface area contributed by atoms with Crippen molar-refractivity contribution in [3.05, 3.63) is 0 Å². The van der Waals surface area contributed by atoms with Gasteiger partial charge in [0.1, 0.15) is 0 Å². The molecule has 1 rings (SSSR count). The number of likely N-dealkylation sites (tertiary alicyclic amines) is 1. The molecule has 0 aromatic heterocycles. The van der Waals surface area contributed by atoms with Crippen molar-refractivity contribution in [2.45, 2.75) is 19.4 Å². The van der Waals surface area contributed by atoms with E-state index in [2.05, 4.69) is 34.0 Å². The lowest BCUT2D eigenvalue weighted by molar-refractivity contribution is 0.268. The van der Waals surface area contributed by atoms with E-state index in [0.717, 1.165) is 17.3 Å². The summed E-state index contributed by atoms with van der Waals surface area (Å²) in [7, 11) is 0. The van der Waals surface area contributed by atoms with Crippen LogP contribution in [0.2, 0.25) is 0 Å². The largest absolute Gasteiger partial charge is 0.298 e. The van der Waals surface area contributed by atoms with Crippen LogP contribution in [0.15, 0.2) is 0 Å². The lowest BCUT2D eigenvalue weighted by Crippen LogP contribution is -2.35. The van der Waals surface area contributed by atoms with Gasteiger partial charge in [0.15, 0.2) is 0 Å². The Morgan fingerprint density at radius 1 is 1.58 bits per heavy atom. The van der Waals surface area contributed by atoms with Crippen LogP contribution in [0.25, 0.3) is 0 Å². The number of nitrogens with zero attached hydrogens (tertiary/aromatic N) is 1. The van der Waals surface area contributed by atoms with Crippen LogP contribution in [0.5, 0.6) is 0 Å². The molecular weight excluding hydrogens is 234 g/mol. The van der Waals surface area contributed by atoms with Gasteiger partial charge in [-0.25, -0.2) is 0 Å². The van der Waals surface area contributed by atoms with Crippen molar-refractivity contribution in [2.24, 2.45) is 5.92 Å². The first-order chi connectivity index (χ1) is 5.79. The van der Waals surface area contributed by atoms with E-state index in [0.29, 0.717) is 0 Å². The average Bonchev–Trinajstić information content (AvgIpc) is 2.43. The highest BCUT2D eigenvalue weighted by molar-refractivity contribution is 9.09. The standard InChI is InChI=1S/C9H18BrNS/c1-8-3-4-11(5-6-12-2)9(8)7-10/h8-9H,3-7H2,1-2H3. The van der Waals surface area contributed by atoms with Crippen molar-refractivity contribution >= 4 is 27.7 Å². The van der Waals surface area contributed by atoms with Crippen LogP contribution in [0.4, 0.5) is 0 Å². The monoisotopic (exact) mass is 251 g/mol. The van der Waals surface area contributed by atoms with Crippen LogP contribution >= 0.6 is 27.7 Å². The molecular formula is C9H18BrNS. The van der Waals surface area contributed by atoms with E-state index in [4.69, 9.17) is 0 Å². The van der Waals surface area contributed by atoms with Gasteiger partial charge in [-0.2, -0.15) is 11.8 Å². The molecule has 12 heavy (non-hydrogen) atoms. The van der Waals surface area contributed by atoms with Gasteiger partial charge in [-0.3, -0.25) is 4.90 Å². The first-order valence-corrected chi connectivity index (χ1v) is 7.10. The van der Waals surface area contributed by atoms with Crippen LogP contribution in [0.1, 0.15) is 13.3 Å². The molecule has 72 valence electrons. The summed E-state index contributed by atoms with van der Waals surface area (Å²) in [6.07, 6.45) is 3.56. The maximum absolute atomic E-state index is 3.60. The molecule has 0 saturated carbocycles. The van der Waals surface area contributed by atoms with E-state index < -0.39 is 0 Å². The fourth-order valence-corrected chi connectivity index (χ4v) is 3.29. The third-order valence-corrected chi connectivity index (χ3v) is 3.99. The van der Waals surface area contributed by atoms with Gasteiger partial charge in [-0.15, -0.1) is 0 Å². The van der Waals surface area contributed by atoms with Crippen molar-refractivity contribution in [3.8, 4) is 0 Å². The maximum Gasteiger partial charge on any atom is 0.0219 e. The minimum atomic E-state index is 0.789. The molecule has 0 radical (unpaired) electrons. The second-order valence-electron chi connectivity index (χ2n) is 3.52. The van der Waals surface area contributed by atoms with Crippen molar-refractivity contribution < 1.29 is 0 Å². The summed E-state index contributed by atoms with van der Waals surface area (Å²) in [6.45, 7) is 4.94. The lowest BCUT2D eigenvalue weighted by Gasteiger charge is -2.24. The fourth-order valence-electron chi connectivity index (χ4n) is 1.82. The summed E-state index contributed by atoms with van der Waals surface area (Å²) < 4.78 is 0. The van der Waals surface area contributed by atoms with Gasteiger partial charge in [0.2, 0.25) is 0 Å². The Kier molecular flexibility index (Phi) is 4.99. The summed E-state index contributed by atoms with van der Waals surface area (Å²) in [6, 6.07) is 0.789. The number of hydrogen-bond donors (Lipinski definition) is 0. The molecule has 1 saturated heterocycles. The summed E-state index contributed by atoms with van der Waals surface area (Å²) in [5.41, 5.74) is 0. The predicted octanol–water partition coefficient (Wildman–Crippen LogP) is 2.45. The highest BCUT2D eigenvalue weighted by Crippen LogP contribution is 2.25. The van der Waals surface area contributed by atoms with Crippen LogP contribution in [-0.2, 0) is 0 Å². The van der Waals surface area contributed by atoms with E-state index >= 15 is 0 Å². The van der Waals surface area contributed by atoms with Gasteiger partial charge < -0.3 is 0 Å². The first kappa shape index (κ1) is 10.9. The van der Waals surface area contributed by atoms with Crippen LogP contribution < -0.4 is 0 Å². The minimum absolute atomic E-state index is 0.789. The van der Waals surface area contributed by atoms with E-state index in [9.17, 15) is 0 Å². The molecule has 1 heterocycles. The molecule has 0 aliphatic carbocycles. The summed E-state index contributed by atoms with van der Waals surface area (Å²) in [5.74, 6) is 2.15. The smallest absolute Gasteiger partial charge is 0.0219 e. The molecule has 0 N–H and O–H groups in total. The second-order valence-corrected chi connectivity index (χ2v) is 5.15. The molecule has 1 nitrogen and oxygen atoms in total. The van der Waals surface area contributed by atoms with Crippen LogP contribution in [0.3, 0.4) is 0 Å². The first-order valence-electron chi connectivity index (χ1n) is 4.58. The number of thioether (sulfide) groups is 1. The molecule has 0 amide bonds. The van der Waals surface area contributed by atoms with E-state index in [1.165, 1.54) is 25.3 Å². The summed E-state index contributed by atoms with van der Waals surface area (Å²) >= 11 is 5.55. The number of alkyl halides is 1. The van der Waals surface area contributed by atoms with E-state index in [1.54, 1.807) is 0 Å². The van der Waals surface area contributed by atoms with Gasteiger partial charge in [0, 0.05) is 23.7 Å². The predicted molar refractivity (Wildman–Crippen MR) is 61.3 cm³/mol. The molecule has 0 bridgehead atoms. The Morgan fingerprint density at radius 2 is 2.33 bits per heavy atom. The van der Waals surface area contributed by atoms with E-state index in [1.807, 2.05) is 11.8 Å². The summed E-state index contributed by atoms with van der Waals surface area (Å²) in [5, 5.41) is 1.14. The summed E-state index contributed by atoms with van der Waals surface area (Å²) in [4.78, 5) is 2.62. The Labute approximate surface area is 88.4 Å². The Morgan fingerprint density at radius 3 is 2.92 bits per heavy atom. The number of hydrogen-bond acceptors (Lipinski definition) is 2. The molecule has 2 atom stereocenters. The highest BCUT2D eigenvalue weighted by Gasteiger charge is 2.29. The van der Waals surface area contributed by atoms with Crippen LogP contribution in [-0.4, -0.2) is 41.4 Å². The number of rotatable bonds is 4. The normalized spacial score (nSPS) is 31.2. The van der Waals surface area contributed by atoms with Crippen molar-refractivity contribution in [1.82, 2.24) is 4.90 Å². The zero-order valence-electron chi connectivity index (χ0n) is 7.92. The molecule has 1 aliphatic heterocycles. The molecule has 0 spiro atoms. The van der Waals surface area contributed by atoms with Gasteiger partial charge in [0.25, 0.3) is 0 Å². The van der Waals surface area contributed by atoms with Crippen molar-refractivity contribution in [1.29, 1.82) is 0 Å². The zero-order chi connectivity index (χ0) is 8.97. The van der Waals surface area contributed by atoms with Crippen molar-refractivity contribution in [2.75, 3.05) is 30.4 Å². The molecule has 0 aromatic carbocycles. The second kappa shape index (κ2) is 5.51. The van der Waals surface area contributed by atoms with Gasteiger partial charge in [0.05, 0.1) is 0 Å². The molecule has 2 unspecified atom stereocenters. The Hall–Kier alpha value is 0.790. The molecule has 3 heteroatoms. The molecule has 1 fully saturated rings. The number of halogens is 1. The zero-order valence-corrected chi connectivity index (χ0v) is 10.3. The molecule has 1 aliphatic rings. The van der Waals surface area contributed by atoms with Gasteiger partial charge >= 0.3 is 0 Å². The Bertz CT molecular complexity index is 132. The lowest BCUT2D eigenvalue weighted by atomic mass is 10.1. The van der Waals surface area contributed by atoms with Crippen molar-refractivity contribution in [3.63, 3.8) is 0 Å². The SMILES string of the molecule is CSCCN1CCC(C)C1CBr. The average molecular weight is 252 g/mol. The van der Waals surface area contributed by atoms with Crippen LogP contribution in [0, 0.1) is 5.92 Å². The van der Waals surface area contributed by atoms with Gasteiger partial charge in [-0.05, 0) is 25.1 Å². The third kappa shape index (κ3) is 2.64. The minimum Gasteiger partial charge on any atom is -0.298 e. The topological polar surface area (TPSA) is 3.24 Å². The van der Waals surface area contributed by atoms with E-state index in [-0.39, 0.29) is 0 Å². The third-order valence-electron chi connectivity index (χ3n) is 2.74. The Balaban J connectivity index is 2.32. The quantitative estimate of drug-likeness (QED) is 0.707. The highest BCUT2D eigenvalue weighted by atomic mass is 79.9.